The third-order valence-corrected chi connectivity index (χ3v) is 5.48. The van der Waals surface area contributed by atoms with E-state index in [-0.39, 0.29) is 0 Å². The van der Waals surface area contributed by atoms with Gasteiger partial charge in [-0.25, -0.2) is 0 Å². The average Bonchev–Trinajstić information content (AvgIpc) is 3.44. The zero-order chi connectivity index (χ0) is 19.1. The summed E-state index contributed by atoms with van der Waals surface area (Å²) in [5, 5.41) is 14.7. The molecule has 0 fully saturated rings. The highest BCUT2D eigenvalue weighted by Crippen LogP contribution is 2.31. The Balaban J connectivity index is 1.51. The van der Waals surface area contributed by atoms with Gasteiger partial charge in [0.05, 0.1) is 7.11 Å². The van der Waals surface area contributed by atoms with Gasteiger partial charge in [0.25, 0.3) is 0 Å². The van der Waals surface area contributed by atoms with Gasteiger partial charge in [-0.15, -0.1) is 10.2 Å². The lowest BCUT2D eigenvalue weighted by molar-refractivity contribution is 0.415. The van der Waals surface area contributed by atoms with E-state index in [0.717, 1.165) is 27.6 Å². The van der Waals surface area contributed by atoms with Crippen molar-refractivity contribution in [1.29, 1.82) is 0 Å². The molecular formula is C20H13ClN4O2S. The summed E-state index contributed by atoms with van der Waals surface area (Å²) in [6.45, 7) is 0. The smallest absolute Gasteiger partial charge is 0.235 e. The van der Waals surface area contributed by atoms with Crippen molar-refractivity contribution < 1.29 is 9.15 Å². The van der Waals surface area contributed by atoms with Crippen LogP contribution in [0.1, 0.15) is 0 Å². The van der Waals surface area contributed by atoms with E-state index in [2.05, 4.69) is 15.3 Å². The minimum atomic E-state index is 0.561. The first kappa shape index (κ1) is 17.0. The van der Waals surface area contributed by atoms with Gasteiger partial charge in [-0.3, -0.25) is 0 Å². The number of furan rings is 1. The molecule has 138 valence electrons. The van der Waals surface area contributed by atoms with Crippen LogP contribution in [0, 0.1) is 0 Å². The fourth-order valence-electron chi connectivity index (χ4n) is 2.85. The van der Waals surface area contributed by atoms with Crippen molar-refractivity contribution in [3.8, 4) is 39.2 Å². The standard InChI is InChI=1S/C20H13ClN4O2S/c1-26-15-8-4-13(5-9-15)19-24-25-18(22-23-20(25)28-19)17-11-10-16(27-17)12-2-6-14(21)7-3-12/h2-11H,1H3. The Bertz CT molecular complexity index is 1260. The van der Waals surface area contributed by atoms with Crippen molar-refractivity contribution in [2.24, 2.45) is 0 Å². The number of hydrogen-bond donors (Lipinski definition) is 0. The summed E-state index contributed by atoms with van der Waals surface area (Å²) in [6.07, 6.45) is 0. The summed E-state index contributed by atoms with van der Waals surface area (Å²) < 4.78 is 12.9. The number of halogens is 1. The third kappa shape index (κ3) is 2.94. The average molecular weight is 409 g/mol. The van der Waals surface area contributed by atoms with Crippen LogP contribution < -0.4 is 4.74 Å². The predicted octanol–water partition coefficient (Wildman–Crippen LogP) is 5.44. The van der Waals surface area contributed by atoms with Crippen molar-refractivity contribution in [2.75, 3.05) is 7.11 Å². The van der Waals surface area contributed by atoms with Crippen LogP contribution in [0.2, 0.25) is 5.02 Å². The number of aromatic nitrogens is 4. The van der Waals surface area contributed by atoms with Gasteiger partial charge in [0.1, 0.15) is 16.5 Å². The van der Waals surface area contributed by atoms with Crippen LogP contribution in [0.5, 0.6) is 5.75 Å². The summed E-state index contributed by atoms with van der Waals surface area (Å²) in [5.41, 5.74) is 1.93. The Hall–Kier alpha value is -3.16. The molecule has 0 aliphatic carbocycles. The van der Waals surface area contributed by atoms with E-state index in [1.807, 2.05) is 60.7 Å². The van der Waals surface area contributed by atoms with E-state index >= 15 is 0 Å². The van der Waals surface area contributed by atoms with E-state index in [4.69, 9.17) is 20.8 Å². The summed E-state index contributed by atoms with van der Waals surface area (Å²) >= 11 is 7.42. The lowest BCUT2D eigenvalue weighted by atomic mass is 10.2. The molecule has 0 N–H and O–H groups in total. The molecule has 0 atom stereocenters. The van der Waals surface area contributed by atoms with Gasteiger partial charge in [-0.2, -0.15) is 9.61 Å². The first-order valence-electron chi connectivity index (χ1n) is 8.44. The molecule has 0 unspecified atom stereocenters. The molecule has 0 aliphatic heterocycles. The molecule has 5 rings (SSSR count). The maximum absolute atomic E-state index is 5.99. The molecule has 6 nitrogen and oxygen atoms in total. The molecule has 2 aromatic carbocycles. The number of ether oxygens (including phenoxy) is 1. The van der Waals surface area contributed by atoms with Crippen molar-refractivity contribution in [2.45, 2.75) is 0 Å². The van der Waals surface area contributed by atoms with E-state index in [1.165, 1.54) is 11.3 Å². The largest absolute Gasteiger partial charge is 0.497 e. The van der Waals surface area contributed by atoms with Gasteiger partial charge in [0.2, 0.25) is 10.8 Å². The van der Waals surface area contributed by atoms with Gasteiger partial charge >= 0.3 is 0 Å². The third-order valence-electron chi connectivity index (χ3n) is 4.28. The van der Waals surface area contributed by atoms with Crippen LogP contribution in [-0.2, 0) is 0 Å². The Kier molecular flexibility index (Phi) is 4.11. The van der Waals surface area contributed by atoms with E-state index in [1.54, 1.807) is 11.6 Å². The van der Waals surface area contributed by atoms with Crippen LogP contribution in [0.4, 0.5) is 0 Å². The Morgan fingerprint density at radius 1 is 0.893 bits per heavy atom. The maximum atomic E-state index is 5.99. The monoisotopic (exact) mass is 408 g/mol. The highest BCUT2D eigenvalue weighted by atomic mass is 35.5. The summed E-state index contributed by atoms with van der Waals surface area (Å²) in [7, 11) is 1.64. The van der Waals surface area contributed by atoms with Gasteiger partial charge < -0.3 is 9.15 Å². The van der Waals surface area contributed by atoms with Crippen LogP contribution in [-0.4, -0.2) is 26.9 Å². The number of fused-ring (bicyclic) bond motifs is 1. The van der Waals surface area contributed by atoms with Gasteiger partial charge in [-0.05, 0) is 60.7 Å². The Labute approximate surface area is 169 Å². The molecule has 0 spiro atoms. The summed E-state index contributed by atoms with van der Waals surface area (Å²) in [6, 6.07) is 19.0. The van der Waals surface area contributed by atoms with Crippen molar-refractivity contribution in [3.63, 3.8) is 0 Å². The van der Waals surface area contributed by atoms with Gasteiger partial charge in [-0.1, -0.05) is 22.9 Å². The molecule has 0 amide bonds. The number of hydrogen-bond acceptors (Lipinski definition) is 6. The molecule has 28 heavy (non-hydrogen) atoms. The Morgan fingerprint density at radius 3 is 2.36 bits per heavy atom. The molecule has 3 heterocycles. The van der Waals surface area contributed by atoms with Crippen LogP contribution in [0.15, 0.2) is 65.1 Å². The lowest BCUT2D eigenvalue weighted by Crippen LogP contribution is -1.89. The number of rotatable bonds is 4. The first-order valence-corrected chi connectivity index (χ1v) is 9.63. The second kappa shape index (κ2) is 6.78. The summed E-state index contributed by atoms with van der Waals surface area (Å²) in [4.78, 5) is 0.699. The fraction of sp³-hybridized carbons (Fsp3) is 0.0500. The maximum Gasteiger partial charge on any atom is 0.235 e. The first-order chi connectivity index (χ1) is 13.7. The topological polar surface area (TPSA) is 65.5 Å². The lowest BCUT2D eigenvalue weighted by Gasteiger charge is -1.99. The molecule has 0 radical (unpaired) electrons. The van der Waals surface area contributed by atoms with Crippen molar-refractivity contribution >= 4 is 27.9 Å². The van der Waals surface area contributed by atoms with Gasteiger partial charge in [0.15, 0.2) is 5.76 Å². The zero-order valence-corrected chi connectivity index (χ0v) is 16.2. The molecular weight excluding hydrogens is 396 g/mol. The highest BCUT2D eigenvalue weighted by molar-refractivity contribution is 7.19. The number of benzene rings is 2. The second-order valence-corrected chi connectivity index (χ2v) is 7.42. The fourth-order valence-corrected chi connectivity index (χ4v) is 3.82. The van der Waals surface area contributed by atoms with E-state index < -0.39 is 0 Å². The quantitative estimate of drug-likeness (QED) is 0.396. The molecule has 0 bridgehead atoms. The van der Waals surface area contributed by atoms with E-state index in [0.29, 0.717) is 21.6 Å². The molecule has 0 saturated heterocycles. The van der Waals surface area contributed by atoms with Gasteiger partial charge in [0, 0.05) is 16.1 Å². The van der Waals surface area contributed by atoms with Crippen LogP contribution in [0.25, 0.3) is 38.4 Å². The zero-order valence-electron chi connectivity index (χ0n) is 14.7. The number of methoxy groups -OCH3 is 1. The van der Waals surface area contributed by atoms with Crippen molar-refractivity contribution in [1.82, 2.24) is 19.8 Å². The number of nitrogens with zero attached hydrogens (tertiary/aromatic N) is 4. The summed E-state index contributed by atoms with van der Waals surface area (Å²) in [5.74, 6) is 2.70. The van der Waals surface area contributed by atoms with Crippen LogP contribution >= 0.6 is 22.9 Å². The minimum Gasteiger partial charge on any atom is -0.497 e. The minimum absolute atomic E-state index is 0.561. The van der Waals surface area contributed by atoms with Crippen molar-refractivity contribution in [3.05, 3.63) is 65.7 Å². The highest BCUT2D eigenvalue weighted by Gasteiger charge is 2.17. The SMILES string of the molecule is COc1ccc(-c2nn3c(-c4ccc(-c5ccc(Cl)cc5)o4)nnc3s2)cc1. The predicted molar refractivity (Wildman–Crippen MR) is 109 cm³/mol. The van der Waals surface area contributed by atoms with Crippen LogP contribution in [0.3, 0.4) is 0 Å². The molecule has 5 aromatic rings. The molecule has 8 heteroatoms. The normalized spacial score (nSPS) is 11.2. The Morgan fingerprint density at radius 2 is 1.61 bits per heavy atom. The molecule has 3 aromatic heterocycles. The second-order valence-electron chi connectivity index (χ2n) is 6.02. The molecule has 0 saturated carbocycles. The van der Waals surface area contributed by atoms with E-state index in [9.17, 15) is 0 Å². The molecule has 0 aliphatic rings.